The third-order valence-electron chi connectivity index (χ3n) is 5.01. The minimum Gasteiger partial charge on any atom is -0.381 e. The van der Waals surface area contributed by atoms with Crippen LogP contribution in [0.25, 0.3) is 10.9 Å². The summed E-state index contributed by atoms with van der Waals surface area (Å²) in [5, 5.41) is 7.61. The van der Waals surface area contributed by atoms with Crippen molar-refractivity contribution in [2.24, 2.45) is 0 Å². The zero-order chi connectivity index (χ0) is 21.8. The Hall–Kier alpha value is -3.57. The highest BCUT2D eigenvalue weighted by atomic mass is 35.5. The van der Waals surface area contributed by atoms with Crippen LogP contribution in [-0.4, -0.2) is 10.5 Å². The maximum atomic E-state index is 13.3. The third-order valence-corrected chi connectivity index (χ3v) is 5.26. The molecular formula is C25H22ClN3O2. The maximum absolute atomic E-state index is 13.3. The van der Waals surface area contributed by atoms with E-state index in [-0.39, 0.29) is 18.0 Å². The molecule has 4 aromatic rings. The lowest BCUT2D eigenvalue weighted by Gasteiger charge is -2.15. The molecule has 0 aliphatic rings. The number of aryl methyl sites for hydroxylation is 1. The van der Waals surface area contributed by atoms with E-state index in [2.05, 4.69) is 10.6 Å². The van der Waals surface area contributed by atoms with Crippen LogP contribution in [0.4, 0.5) is 11.4 Å². The van der Waals surface area contributed by atoms with Gasteiger partial charge in [-0.15, -0.1) is 0 Å². The van der Waals surface area contributed by atoms with Crippen LogP contribution in [0.3, 0.4) is 0 Å². The Morgan fingerprint density at radius 2 is 1.68 bits per heavy atom. The molecule has 0 spiro atoms. The van der Waals surface area contributed by atoms with Crippen molar-refractivity contribution in [1.29, 1.82) is 0 Å². The first-order chi connectivity index (χ1) is 15.0. The zero-order valence-corrected chi connectivity index (χ0v) is 17.8. The van der Waals surface area contributed by atoms with Crippen LogP contribution < -0.4 is 16.2 Å². The molecule has 1 heterocycles. The lowest BCUT2D eigenvalue weighted by molar-refractivity contribution is -0.116. The Morgan fingerprint density at radius 1 is 0.935 bits per heavy atom. The second kappa shape index (κ2) is 9.06. The summed E-state index contributed by atoms with van der Waals surface area (Å²) < 4.78 is 1.54. The SMILES string of the molecule is Cc1ccc2cc(CNc3ccccc3)c(=O)n(CC(=O)Nc3ccc(Cl)cc3)c2c1. The first-order valence-electron chi connectivity index (χ1n) is 9.97. The van der Waals surface area contributed by atoms with E-state index in [4.69, 9.17) is 11.6 Å². The highest BCUT2D eigenvalue weighted by molar-refractivity contribution is 6.30. The second-order valence-corrected chi connectivity index (χ2v) is 7.83. The number of fused-ring (bicyclic) bond motifs is 1. The van der Waals surface area contributed by atoms with E-state index in [9.17, 15) is 9.59 Å². The molecule has 0 saturated heterocycles. The predicted molar refractivity (Wildman–Crippen MR) is 127 cm³/mol. The summed E-state index contributed by atoms with van der Waals surface area (Å²) >= 11 is 5.91. The number of amides is 1. The van der Waals surface area contributed by atoms with Crippen molar-refractivity contribution in [3.8, 4) is 0 Å². The monoisotopic (exact) mass is 431 g/mol. The van der Waals surface area contributed by atoms with E-state index in [1.54, 1.807) is 24.3 Å². The molecule has 2 N–H and O–H groups in total. The van der Waals surface area contributed by atoms with Gasteiger partial charge in [-0.1, -0.05) is 41.9 Å². The van der Waals surface area contributed by atoms with E-state index < -0.39 is 0 Å². The van der Waals surface area contributed by atoms with Gasteiger partial charge in [-0.2, -0.15) is 0 Å². The van der Waals surface area contributed by atoms with Gasteiger partial charge in [0.05, 0.1) is 5.52 Å². The molecule has 1 amide bonds. The second-order valence-electron chi connectivity index (χ2n) is 7.40. The minimum absolute atomic E-state index is 0.0827. The van der Waals surface area contributed by atoms with Gasteiger partial charge in [0.2, 0.25) is 5.91 Å². The number of nitrogens with zero attached hydrogens (tertiary/aromatic N) is 1. The molecule has 0 bridgehead atoms. The molecule has 1 aromatic heterocycles. The Bertz CT molecular complexity index is 1280. The Morgan fingerprint density at radius 3 is 2.42 bits per heavy atom. The van der Waals surface area contributed by atoms with Crippen molar-refractivity contribution < 1.29 is 4.79 Å². The number of hydrogen-bond donors (Lipinski definition) is 2. The van der Waals surface area contributed by atoms with Gasteiger partial charge in [0.25, 0.3) is 5.56 Å². The molecule has 156 valence electrons. The van der Waals surface area contributed by atoms with Gasteiger partial charge >= 0.3 is 0 Å². The van der Waals surface area contributed by atoms with Gasteiger partial charge in [0.15, 0.2) is 0 Å². The molecule has 0 saturated carbocycles. The van der Waals surface area contributed by atoms with Crippen molar-refractivity contribution in [1.82, 2.24) is 4.57 Å². The number of carbonyl (C=O) groups excluding carboxylic acids is 1. The quantitative estimate of drug-likeness (QED) is 0.440. The summed E-state index contributed by atoms with van der Waals surface area (Å²) in [6.45, 7) is 2.25. The van der Waals surface area contributed by atoms with E-state index in [1.165, 1.54) is 4.57 Å². The Balaban J connectivity index is 1.65. The van der Waals surface area contributed by atoms with Crippen LogP contribution in [0, 0.1) is 6.92 Å². The molecular weight excluding hydrogens is 410 g/mol. The average molecular weight is 432 g/mol. The van der Waals surface area contributed by atoms with Gasteiger partial charge in [-0.25, -0.2) is 0 Å². The first-order valence-corrected chi connectivity index (χ1v) is 10.3. The molecule has 0 radical (unpaired) electrons. The predicted octanol–water partition coefficient (Wildman–Crippen LogP) is 5.21. The highest BCUT2D eigenvalue weighted by Crippen LogP contribution is 2.18. The number of aromatic nitrogens is 1. The molecule has 5 nitrogen and oxygen atoms in total. The van der Waals surface area contributed by atoms with Crippen LogP contribution in [0.2, 0.25) is 5.02 Å². The van der Waals surface area contributed by atoms with Crippen LogP contribution >= 0.6 is 11.6 Å². The number of pyridine rings is 1. The highest BCUT2D eigenvalue weighted by Gasteiger charge is 2.13. The zero-order valence-electron chi connectivity index (χ0n) is 17.1. The molecule has 0 unspecified atom stereocenters. The number of rotatable bonds is 6. The number of anilines is 2. The van der Waals surface area contributed by atoms with Gasteiger partial charge in [0, 0.05) is 28.5 Å². The molecule has 31 heavy (non-hydrogen) atoms. The van der Waals surface area contributed by atoms with Crippen LogP contribution in [0.5, 0.6) is 0 Å². The minimum atomic E-state index is -0.277. The van der Waals surface area contributed by atoms with Gasteiger partial charge < -0.3 is 10.6 Å². The number of carbonyl (C=O) groups is 1. The number of benzene rings is 3. The fourth-order valence-corrected chi connectivity index (χ4v) is 3.58. The number of para-hydroxylation sites is 1. The van der Waals surface area contributed by atoms with Crippen LogP contribution in [0.1, 0.15) is 11.1 Å². The lowest BCUT2D eigenvalue weighted by Crippen LogP contribution is -2.30. The van der Waals surface area contributed by atoms with E-state index in [0.717, 1.165) is 22.2 Å². The van der Waals surface area contributed by atoms with Gasteiger partial charge in [0.1, 0.15) is 6.54 Å². The number of nitrogens with one attached hydrogen (secondary N) is 2. The molecule has 0 atom stereocenters. The van der Waals surface area contributed by atoms with Crippen LogP contribution in [-0.2, 0) is 17.9 Å². The van der Waals surface area contributed by atoms with Crippen LogP contribution in [0.15, 0.2) is 83.7 Å². The van der Waals surface area contributed by atoms with E-state index >= 15 is 0 Å². The molecule has 0 aliphatic carbocycles. The van der Waals surface area contributed by atoms with Crippen molar-refractivity contribution in [2.75, 3.05) is 10.6 Å². The standard InChI is InChI=1S/C25H22ClN3O2/c1-17-7-8-18-14-19(15-27-21-5-3-2-4-6-21)25(31)29(23(18)13-17)16-24(30)28-22-11-9-20(26)10-12-22/h2-14,27H,15-16H2,1H3,(H,28,30). The number of halogens is 1. The van der Waals surface area contributed by atoms with Crippen molar-refractivity contribution >= 4 is 39.8 Å². The van der Waals surface area contributed by atoms with Crippen molar-refractivity contribution in [3.63, 3.8) is 0 Å². The smallest absolute Gasteiger partial charge is 0.256 e. The number of hydrogen-bond acceptors (Lipinski definition) is 3. The summed E-state index contributed by atoms with van der Waals surface area (Å²) in [7, 11) is 0. The summed E-state index contributed by atoms with van der Waals surface area (Å²) in [4.78, 5) is 26.0. The largest absolute Gasteiger partial charge is 0.381 e. The average Bonchev–Trinajstić information content (AvgIpc) is 2.77. The molecule has 4 rings (SSSR count). The molecule has 0 fully saturated rings. The topological polar surface area (TPSA) is 63.1 Å². The summed E-state index contributed by atoms with van der Waals surface area (Å²) in [5.74, 6) is -0.277. The van der Waals surface area contributed by atoms with Crippen molar-refractivity contribution in [2.45, 2.75) is 20.0 Å². The summed E-state index contributed by atoms with van der Waals surface area (Å²) in [6, 6.07) is 24.4. The van der Waals surface area contributed by atoms with Gasteiger partial charge in [-0.3, -0.25) is 14.2 Å². The lowest BCUT2D eigenvalue weighted by atomic mass is 10.1. The normalized spacial score (nSPS) is 10.8. The van der Waals surface area contributed by atoms with E-state index in [0.29, 0.717) is 22.8 Å². The summed E-state index contributed by atoms with van der Waals surface area (Å²) in [6.07, 6.45) is 0. The van der Waals surface area contributed by atoms with E-state index in [1.807, 2.05) is 61.5 Å². The molecule has 0 aliphatic heterocycles. The maximum Gasteiger partial charge on any atom is 0.256 e. The fourth-order valence-electron chi connectivity index (χ4n) is 3.46. The van der Waals surface area contributed by atoms with Crippen molar-refractivity contribution in [3.05, 3.63) is 105 Å². The first kappa shape index (κ1) is 20.7. The molecule has 3 aromatic carbocycles. The Labute approximate surface area is 185 Å². The van der Waals surface area contributed by atoms with Gasteiger partial charge in [-0.05, 0) is 66.4 Å². The third kappa shape index (κ3) is 4.95. The fraction of sp³-hybridized carbons (Fsp3) is 0.120. The Kier molecular flexibility index (Phi) is 6.05. The molecule has 6 heteroatoms. The summed E-state index contributed by atoms with van der Waals surface area (Å²) in [5.41, 5.74) is 3.73.